The number of anilines is 1. The van der Waals surface area contributed by atoms with Gasteiger partial charge in [-0.3, -0.25) is 9.59 Å². The number of benzene rings is 1. The molecule has 0 fully saturated rings. The molecule has 162 valence electrons. The number of urea groups is 1. The number of amides is 3. The normalized spacial score (nSPS) is 12.1. The highest BCUT2D eigenvalue weighted by Gasteiger charge is 2.30. The van der Waals surface area contributed by atoms with E-state index in [1.54, 1.807) is 12.1 Å². The van der Waals surface area contributed by atoms with Crippen molar-refractivity contribution < 1.29 is 19.1 Å². The van der Waals surface area contributed by atoms with E-state index in [2.05, 4.69) is 10.6 Å². The van der Waals surface area contributed by atoms with Gasteiger partial charge in [0.15, 0.2) is 0 Å². The number of esters is 1. The number of carbonyl (C=O) groups excluding carboxylic acids is 3. The van der Waals surface area contributed by atoms with E-state index < -0.39 is 11.4 Å². The Bertz CT molecular complexity index is 669. The SMILES string of the molecule is CCC(CCCNC(N)=O)C(=O)Nc1ccc(COC(=O)C(C)(CC)CC)cc1. The van der Waals surface area contributed by atoms with Crippen LogP contribution >= 0.6 is 0 Å². The van der Waals surface area contributed by atoms with Crippen molar-refractivity contribution in [3.05, 3.63) is 29.8 Å². The molecule has 0 bridgehead atoms. The molecule has 0 aliphatic carbocycles. The van der Waals surface area contributed by atoms with Crippen molar-refractivity contribution in [3.63, 3.8) is 0 Å². The van der Waals surface area contributed by atoms with E-state index in [4.69, 9.17) is 10.5 Å². The second-order valence-electron chi connectivity index (χ2n) is 7.57. The quantitative estimate of drug-likeness (QED) is 0.361. The number of carbonyl (C=O) groups is 3. The Hall–Kier alpha value is -2.57. The zero-order valence-electron chi connectivity index (χ0n) is 18.0. The Morgan fingerprint density at radius 3 is 2.24 bits per heavy atom. The van der Waals surface area contributed by atoms with Crippen molar-refractivity contribution in [2.24, 2.45) is 17.1 Å². The number of rotatable bonds is 12. The van der Waals surface area contributed by atoms with Gasteiger partial charge in [-0.15, -0.1) is 0 Å². The Balaban J connectivity index is 2.53. The molecular weight excluding hydrogens is 370 g/mol. The van der Waals surface area contributed by atoms with Crippen LogP contribution in [0.3, 0.4) is 0 Å². The van der Waals surface area contributed by atoms with Gasteiger partial charge in [-0.05, 0) is 56.7 Å². The van der Waals surface area contributed by atoms with Gasteiger partial charge in [0.25, 0.3) is 0 Å². The minimum absolute atomic E-state index is 0.0487. The average Bonchev–Trinajstić information content (AvgIpc) is 2.72. The lowest BCUT2D eigenvalue weighted by molar-refractivity contribution is -0.156. The van der Waals surface area contributed by atoms with Crippen LogP contribution in [0, 0.1) is 11.3 Å². The maximum Gasteiger partial charge on any atom is 0.312 e. The lowest BCUT2D eigenvalue weighted by Crippen LogP contribution is -2.31. The Labute approximate surface area is 173 Å². The van der Waals surface area contributed by atoms with Crippen LogP contribution in [0.5, 0.6) is 0 Å². The first-order valence-electron chi connectivity index (χ1n) is 10.4. The lowest BCUT2D eigenvalue weighted by atomic mass is 9.85. The highest BCUT2D eigenvalue weighted by atomic mass is 16.5. The number of hydrogen-bond acceptors (Lipinski definition) is 4. The van der Waals surface area contributed by atoms with Crippen LogP contribution in [0.25, 0.3) is 0 Å². The lowest BCUT2D eigenvalue weighted by Gasteiger charge is -2.24. The summed E-state index contributed by atoms with van der Waals surface area (Å²) in [6.07, 6.45) is 3.55. The van der Waals surface area contributed by atoms with Gasteiger partial charge in [0.2, 0.25) is 5.91 Å². The molecule has 0 heterocycles. The fourth-order valence-electron chi connectivity index (χ4n) is 2.87. The van der Waals surface area contributed by atoms with E-state index in [0.29, 0.717) is 31.5 Å². The molecular formula is C22H35N3O4. The molecule has 7 heteroatoms. The van der Waals surface area contributed by atoms with E-state index >= 15 is 0 Å². The minimum atomic E-state index is -0.553. The summed E-state index contributed by atoms with van der Waals surface area (Å²) in [6, 6.07) is 6.75. The highest BCUT2D eigenvalue weighted by molar-refractivity contribution is 5.92. The predicted octanol–water partition coefficient (Wildman–Crippen LogP) is 3.97. The minimum Gasteiger partial charge on any atom is -0.460 e. The second kappa shape index (κ2) is 12.1. The fraction of sp³-hybridized carbons (Fsp3) is 0.591. The molecule has 3 amide bonds. The molecule has 0 radical (unpaired) electrons. The number of nitrogens with two attached hydrogens (primary N) is 1. The Kier molecular flexibility index (Phi) is 10.2. The van der Waals surface area contributed by atoms with Gasteiger partial charge in [-0.25, -0.2) is 4.79 Å². The van der Waals surface area contributed by atoms with E-state index in [1.165, 1.54) is 0 Å². The Morgan fingerprint density at radius 1 is 1.10 bits per heavy atom. The van der Waals surface area contributed by atoms with Crippen molar-refractivity contribution in [1.29, 1.82) is 0 Å². The summed E-state index contributed by atoms with van der Waals surface area (Å²) in [6.45, 7) is 8.53. The molecule has 1 atom stereocenters. The van der Waals surface area contributed by atoms with Crippen LogP contribution in [-0.2, 0) is 20.9 Å². The maximum atomic E-state index is 12.5. The van der Waals surface area contributed by atoms with Gasteiger partial charge in [-0.2, -0.15) is 0 Å². The van der Waals surface area contributed by atoms with Crippen LogP contribution in [0.1, 0.15) is 65.4 Å². The summed E-state index contributed by atoms with van der Waals surface area (Å²) in [7, 11) is 0. The van der Waals surface area contributed by atoms with Crippen molar-refractivity contribution in [2.45, 2.75) is 66.4 Å². The first kappa shape index (κ1) is 24.5. The van der Waals surface area contributed by atoms with E-state index in [-0.39, 0.29) is 24.4 Å². The molecule has 0 saturated carbocycles. The molecule has 7 nitrogen and oxygen atoms in total. The first-order chi connectivity index (χ1) is 13.8. The molecule has 0 saturated heterocycles. The van der Waals surface area contributed by atoms with Gasteiger partial charge < -0.3 is 21.1 Å². The van der Waals surface area contributed by atoms with Crippen LogP contribution < -0.4 is 16.4 Å². The number of ether oxygens (including phenoxy) is 1. The van der Waals surface area contributed by atoms with Crippen molar-refractivity contribution in [3.8, 4) is 0 Å². The Morgan fingerprint density at radius 2 is 1.72 bits per heavy atom. The molecule has 0 spiro atoms. The third-order valence-corrected chi connectivity index (χ3v) is 5.54. The standard InChI is InChI=1S/C22H35N3O4/c1-5-17(9-8-14-24-21(23)28)19(26)25-18-12-10-16(11-13-18)15-29-20(27)22(4,6-2)7-3/h10-13,17H,5-9,14-15H2,1-4H3,(H,25,26)(H3,23,24,28). The van der Waals surface area contributed by atoms with Gasteiger partial charge in [0, 0.05) is 18.2 Å². The van der Waals surface area contributed by atoms with Crippen LogP contribution in [0.4, 0.5) is 10.5 Å². The van der Waals surface area contributed by atoms with Crippen molar-refractivity contribution in [2.75, 3.05) is 11.9 Å². The van der Waals surface area contributed by atoms with E-state index in [1.807, 2.05) is 39.8 Å². The monoisotopic (exact) mass is 405 g/mol. The topological polar surface area (TPSA) is 111 Å². The predicted molar refractivity (Wildman–Crippen MR) is 114 cm³/mol. The highest BCUT2D eigenvalue weighted by Crippen LogP contribution is 2.27. The first-order valence-corrected chi connectivity index (χ1v) is 10.4. The summed E-state index contributed by atoms with van der Waals surface area (Å²) >= 11 is 0. The number of hydrogen-bond donors (Lipinski definition) is 3. The molecule has 29 heavy (non-hydrogen) atoms. The largest absolute Gasteiger partial charge is 0.460 e. The molecule has 0 aliphatic rings. The zero-order chi connectivity index (χ0) is 21.9. The summed E-state index contributed by atoms with van der Waals surface area (Å²) in [5.41, 5.74) is 6.15. The fourth-order valence-corrected chi connectivity index (χ4v) is 2.87. The third-order valence-electron chi connectivity index (χ3n) is 5.54. The summed E-state index contributed by atoms with van der Waals surface area (Å²) in [5, 5.41) is 5.45. The maximum absolute atomic E-state index is 12.5. The van der Waals surface area contributed by atoms with E-state index in [9.17, 15) is 14.4 Å². The second-order valence-corrected chi connectivity index (χ2v) is 7.57. The average molecular weight is 406 g/mol. The van der Waals surface area contributed by atoms with Gasteiger partial charge >= 0.3 is 12.0 Å². The van der Waals surface area contributed by atoms with Gasteiger partial charge in [-0.1, -0.05) is 32.9 Å². The zero-order valence-corrected chi connectivity index (χ0v) is 18.0. The molecule has 1 aromatic rings. The molecule has 0 aliphatic heterocycles. The summed E-state index contributed by atoms with van der Waals surface area (Å²) in [4.78, 5) is 35.4. The van der Waals surface area contributed by atoms with Gasteiger partial charge in [0.05, 0.1) is 5.41 Å². The summed E-state index contributed by atoms with van der Waals surface area (Å²) in [5.74, 6) is -0.366. The molecule has 0 aromatic heterocycles. The molecule has 4 N–H and O–H groups in total. The molecule has 1 unspecified atom stereocenters. The van der Waals surface area contributed by atoms with Crippen LogP contribution in [-0.4, -0.2) is 24.5 Å². The number of nitrogens with one attached hydrogen (secondary N) is 2. The van der Waals surface area contributed by atoms with Crippen molar-refractivity contribution in [1.82, 2.24) is 5.32 Å². The number of primary amides is 1. The third kappa shape index (κ3) is 8.13. The van der Waals surface area contributed by atoms with Crippen LogP contribution in [0.2, 0.25) is 0 Å². The van der Waals surface area contributed by atoms with Gasteiger partial charge in [0.1, 0.15) is 6.61 Å². The van der Waals surface area contributed by atoms with E-state index in [0.717, 1.165) is 18.4 Å². The summed E-state index contributed by atoms with van der Waals surface area (Å²) < 4.78 is 5.46. The van der Waals surface area contributed by atoms with Crippen LogP contribution in [0.15, 0.2) is 24.3 Å². The molecule has 1 rings (SSSR count). The molecule has 1 aromatic carbocycles. The van der Waals surface area contributed by atoms with Crippen molar-refractivity contribution >= 4 is 23.6 Å². The smallest absolute Gasteiger partial charge is 0.312 e.